The fourth-order valence-electron chi connectivity index (χ4n) is 0.847. The Morgan fingerprint density at radius 3 is 2.82 bits per heavy atom. The lowest BCUT2D eigenvalue weighted by molar-refractivity contribution is 1.50. The van der Waals surface area contributed by atoms with E-state index in [1.54, 1.807) is 6.21 Å². The van der Waals surface area contributed by atoms with Crippen molar-refractivity contribution in [3.63, 3.8) is 0 Å². The molecule has 0 saturated carbocycles. The molecule has 0 fully saturated rings. The largest absolute Gasteiger partial charge is 0.260 e. The molecule has 1 nitrogen and oxygen atoms in total. The number of nitrogens with zero attached hydrogens (tertiary/aromatic N) is 1. The Morgan fingerprint density at radius 2 is 2.18 bits per heavy atom. The molecule has 0 spiro atoms. The molecule has 1 heteroatoms. The summed E-state index contributed by atoms with van der Waals surface area (Å²) in [6, 6.07) is 7.60. The second-order valence-corrected chi connectivity index (χ2v) is 2.05. The van der Waals surface area contributed by atoms with E-state index in [1.165, 1.54) is 0 Å². The maximum atomic E-state index is 5.26. The van der Waals surface area contributed by atoms with Crippen molar-refractivity contribution < 1.29 is 0 Å². The van der Waals surface area contributed by atoms with E-state index in [-0.39, 0.29) is 0 Å². The van der Waals surface area contributed by atoms with Crippen LogP contribution >= 0.6 is 0 Å². The highest BCUT2D eigenvalue weighted by molar-refractivity contribution is 5.64. The summed E-state index contributed by atoms with van der Waals surface area (Å²) in [4.78, 5) is 4.11. The molecule has 0 aliphatic rings. The van der Waals surface area contributed by atoms with Crippen LogP contribution in [-0.4, -0.2) is 6.21 Å². The number of hydrogen-bond acceptors (Lipinski definition) is 1. The van der Waals surface area contributed by atoms with Gasteiger partial charge in [0.2, 0.25) is 0 Å². The maximum Gasteiger partial charge on any atom is 0.0781 e. The molecule has 0 heterocycles. The summed E-state index contributed by atoms with van der Waals surface area (Å²) in [5.74, 6) is 2.57. The van der Waals surface area contributed by atoms with Crippen LogP contribution in [0.25, 0.3) is 0 Å². The molecule has 11 heavy (non-hydrogen) atoms. The van der Waals surface area contributed by atoms with Gasteiger partial charge in [-0.2, -0.15) is 0 Å². The monoisotopic (exact) mass is 143 g/mol. The number of para-hydroxylation sites is 1. The van der Waals surface area contributed by atoms with Crippen LogP contribution in [0.4, 0.5) is 5.69 Å². The summed E-state index contributed by atoms with van der Waals surface area (Å²) in [7, 11) is 0. The van der Waals surface area contributed by atoms with Crippen LogP contribution in [0.3, 0.4) is 0 Å². The molecule has 0 amide bonds. The van der Waals surface area contributed by atoms with E-state index >= 15 is 0 Å². The molecule has 0 aromatic heterocycles. The Kier molecular flexibility index (Phi) is 2.46. The summed E-state index contributed by atoms with van der Waals surface area (Å²) >= 11 is 0. The first-order valence-corrected chi connectivity index (χ1v) is 3.43. The zero-order valence-electron chi connectivity index (χ0n) is 6.41. The molecular weight excluding hydrogens is 134 g/mol. The van der Waals surface area contributed by atoms with Crippen molar-refractivity contribution in [1.82, 2.24) is 0 Å². The second kappa shape index (κ2) is 3.58. The standard InChI is InChI=1S/C10H9N/c1-3-9-7-5-6-8-10(9)11-4-2/h1,4-8H,2H3. The predicted octanol–water partition coefficient (Wildman–Crippen LogP) is 2.39. The summed E-state index contributed by atoms with van der Waals surface area (Å²) in [6.07, 6.45) is 6.99. The van der Waals surface area contributed by atoms with Crippen LogP contribution in [0.15, 0.2) is 29.3 Å². The van der Waals surface area contributed by atoms with Crippen molar-refractivity contribution >= 4 is 11.9 Å². The predicted molar refractivity (Wildman–Crippen MR) is 48.2 cm³/mol. The first kappa shape index (κ1) is 7.56. The van der Waals surface area contributed by atoms with Gasteiger partial charge in [-0.15, -0.1) is 6.42 Å². The molecule has 1 rings (SSSR count). The van der Waals surface area contributed by atoms with Crippen LogP contribution in [-0.2, 0) is 0 Å². The zero-order chi connectivity index (χ0) is 8.10. The molecule has 54 valence electrons. The summed E-state index contributed by atoms with van der Waals surface area (Å²) in [5, 5.41) is 0. The molecule has 0 atom stereocenters. The Bertz CT molecular complexity index is 305. The fourth-order valence-corrected chi connectivity index (χ4v) is 0.847. The Labute approximate surface area is 66.8 Å². The van der Waals surface area contributed by atoms with Crippen molar-refractivity contribution in [3.05, 3.63) is 29.8 Å². The van der Waals surface area contributed by atoms with Crippen LogP contribution in [0, 0.1) is 12.3 Å². The fraction of sp³-hybridized carbons (Fsp3) is 0.100. The minimum absolute atomic E-state index is 0.839. The average Bonchev–Trinajstić information content (AvgIpc) is 2.06. The second-order valence-electron chi connectivity index (χ2n) is 2.05. The zero-order valence-corrected chi connectivity index (χ0v) is 6.41. The van der Waals surface area contributed by atoms with Gasteiger partial charge in [0.25, 0.3) is 0 Å². The lowest BCUT2D eigenvalue weighted by atomic mass is 10.2. The van der Waals surface area contributed by atoms with E-state index in [0.717, 1.165) is 11.3 Å². The Balaban J connectivity index is 3.15. The summed E-state index contributed by atoms with van der Waals surface area (Å²) in [5.41, 5.74) is 1.70. The Hall–Kier alpha value is -1.55. The van der Waals surface area contributed by atoms with Gasteiger partial charge < -0.3 is 0 Å². The van der Waals surface area contributed by atoms with Gasteiger partial charge in [-0.3, -0.25) is 4.99 Å². The van der Waals surface area contributed by atoms with Gasteiger partial charge in [-0.1, -0.05) is 18.1 Å². The van der Waals surface area contributed by atoms with E-state index in [9.17, 15) is 0 Å². The first-order chi connectivity index (χ1) is 5.38. The third-order valence-electron chi connectivity index (χ3n) is 1.33. The van der Waals surface area contributed by atoms with Crippen molar-refractivity contribution in [2.45, 2.75) is 6.92 Å². The molecule has 1 aromatic rings. The van der Waals surface area contributed by atoms with E-state index in [1.807, 2.05) is 31.2 Å². The molecule has 0 aliphatic carbocycles. The topological polar surface area (TPSA) is 12.4 Å². The minimum Gasteiger partial charge on any atom is -0.260 e. The SMILES string of the molecule is C#Cc1ccccc1N=CC. The molecule has 0 saturated heterocycles. The van der Waals surface area contributed by atoms with Crippen LogP contribution in [0.2, 0.25) is 0 Å². The smallest absolute Gasteiger partial charge is 0.0781 e. The molecule has 0 unspecified atom stereocenters. The van der Waals surface area contributed by atoms with Gasteiger partial charge in [-0.25, -0.2) is 0 Å². The van der Waals surface area contributed by atoms with Gasteiger partial charge in [0.1, 0.15) is 0 Å². The van der Waals surface area contributed by atoms with Crippen LogP contribution in [0.1, 0.15) is 12.5 Å². The van der Waals surface area contributed by atoms with Crippen LogP contribution in [0.5, 0.6) is 0 Å². The first-order valence-electron chi connectivity index (χ1n) is 3.43. The van der Waals surface area contributed by atoms with Crippen molar-refractivity contribution in [2.24, 2.45) is 4.99 Å². The lowest BCUT2D eigenvalue weighted by Gasteiger charge is -1.94. The highest BCUT2D eigenvalue weighted by atomic mass is 14.7. The Morgan fingerprint density at radius 1 is 1.45 bits per heavy atom. The number of aliphatic imine (C=N–C) groups is 1. The van der Waals surface area contributed by atoms with Crippen molar-refractivity contribution in [3.8, 4) is 12.3 Å². The maximum absolute atomic E-state index is 5.26. The molecule has 0 aliphatic heterocycles. The highest BCUT2D eigenvalue weighted by Crippen LogP contribution is 2.16. The molecule has 0 N–H and O–H groups in total. The third kappa shape index (κ3) is 1.68. The summed E-state index contributed by atoms with van der Waals surface area (Å²) < 4.78 is 0. The van der Waals surface area contributed by atoms with E-state index < -0.39 is 0 Å². The molecular formula is C10H9N. The summed E-state index contributed by atoms with van der Waals surface area (Å²) in [6.45, 7) is 1.87. The van der Waals surface area contributed by atoms with Crippen LogP contribution < -0.4 is 0 Å². The normalized spacial score (nSPS) is 9.82. The number of terminal acetylenes is 1. The van der Waals surface area contributed by atoms with Gasteiger partial charge in [0.05, 0.1) is 5.69 Å². The minimum atomic E-state index is 0.839. The number of benzene rings is 1. The van der Waals surface area contributed by atoms with E-state index in [4.69, 9.17) is 6.42 Å². The van der Waals surface area contributed by atoms with E-state index in [0.29, 0.717) is 0 Å². The van der Waals surface area contributed by atoms with Crippen molar-refractivity contribution in [1.29, 1.82) is 0 Å². The molecule has 1 aromatic carbocycles. The average molecular weight is 143 g/mol. The quantitative estimate of drug-likeness (QED) is 0.423. The highest BCUT2D eigenvalue weighted by Gasteiger charge is 1.92. The number of rotatable bonds is 1. The molecule has 0 radical (unpaired) electrons. The van der Waals surface area contributed by atoms with E-state index in [2.05, 4.69) is 10.9 Å². The lowest BCUT2D eigenvalue weighted by Crippen LogP contribution is -1.73. The van der Waals surface area contributed by atoms with Crippen molar-refractivity contribution in [2.75, 3.05) is 0 Å². The number of hydrogen-bond donors (Lipinski definition) is 0. The van der Waals surface area contributed by atoms with Gasteiger partial charge in [-0.05, 0) is 19.1 Å². The van der Waals surface area contributed by atoms with Gasteiger partial charge in [0, 0.05) is 11.8 Å². The third-order valence-corrected chi connectivity index (χ3v) is 1.33. The van der Waals surface area contributed by atoms with Gasteiger partial charge >= 0.3 is 0 Å². The van der Waals surface area contributed by atoms with Gasteiger partial charge in [0.15, 0.2) is 0 Å². The molecule has 0 bridgehead atoms.